The van der Waals surface area contributed by atoms with E-state index in [2.05, 4.69) is 5.32 Å². The lowest BCUT2D eigenvalue weighted by Gasteiger charge is -2.10. The first kappa shape index (κ1) is 13.8. The predicted octanol–water partition coefficient (Wildman–Crippen LogP) is 4.32. The Bertz CT molecular complexity index is 588. The highest BCUT2D eigenvalue weighted by Crippen LogP contribution is 2.28. The number of hydrogen-bond donors (Lipinski definition) is 2. The van der Waals surface area contributed by atoms with E-state index >= 15 is 0 Å². The van der Waals surface area contributed by atoms with E-state index in [0.29, 0.717) is 22.3 Å². The Labute approximate surface area is 121 Å². The SMILES string of the molecule is COc1ccc(NCc2cc(Cl)ccc2O)cc1Cl. The fraction of sp³-hybridized carbons (Fsp3) is 0.143. The lowest BCUT2D eigenvalue weighted by molar-refractivity contribution is 0.415. The second-order valence-electron chi connectivity index (χ2n) is 3.98. The second-order valence-corrected chi connectivity index (χ2v) is 4.82. The first-order chi connectivity index (χ1) is 9.10. The van der Waals surface area contributed by atoms with Crippen molar-refractivity contribution in [2.45, 2.75) is 6.54 Å². The Balaban J connectivity index is 2.10. The largest absolute Gasteiger partial charge is 0.508 e. The lowest BCUT2D eigenvalue weighted by Crippen LogP contribution is -2.00. The highest BCUT2D eigenvalue weighted by molar-refractivity contribution is 6.32. The molecule has 0 aliphatic carbocycles. The third-order valence-corrected chi connectivity index (χ3v) is 3.21. The summed E-state index contributed by atoms with van der Waals surface area (Å²) in [4.78, 5) is 0. The number of anilines is 1. The normalized spacial score (nSPS) is 10.3. The highest BCUT2D eigenvalue weighted by Gasteiger charge is 2.04. The summed E-state index contributed by atoms with van der Waals surface area (Å²) in [5, 5.41) is 14.0. The first-order valence-electron chi connectivity index (χ1n) is 5.65. The molecule has 0 saturated heterocycles. The molecule has 0 atom stereocenters. The molecule has 2 N–H and O–H groups in total. The topological polar surface area (TPSA) is 41.5 Å². The Hall–Kier alpha value is -1.58. The van der Waals surface area contributed by atoms with Crippen molar-refractivity contribution in [2.75, 3.05) is 12.4 Å². The zero-order valence-corrected chi connectivity index (χ0v) is 11.8. The minimum absolute atomic E-state index is 0.205. The zero-order valence-electron chi connectivity index (χ0n) is 10.3. The maximum atomic E-state index is 9.71. The number of methoxy groups -OCH3 is 1. The fourth-order valence-electron chi connectivity index (χ4n) is 1.67. The van der Waals surface area contributed by atoms with E-state index in [9.17, 15) is 5.11 Å². The molecule has 0 aliphatic rings. The standard InChI is InChI=1S/C14H13Cl2NO2/c1-19-14-5-3-11(7-12(14)16)17-8-9-6-10(15)2-4-13(9)18/h2-7,17-18H,8H2,1H3. The summed E-state index contributed by atoms with van der Waals surface area (Å²) in [5.74, 6) is 0.828. The highest BCUT2D eigenvalue weighted by atomic mass is 35.5. The molecule has 0 aromatic heterocycles. The minimum Gasteiger partial charge on any atom is -0.508 e. The summed E-state index contributed by atoms with van der Waals surface area (Å²) in [7, 11) is 1.57. The number of phenolic OH excluding ortho intramolecular Hbond substituents is 1. The smallest absolute Gasteiger partial charge is 0.137 e. The summed E-state index contributed by atoms with van der Waals surface area (Å²) in [6, 6.07) is 10.3. The van der Waals surface area contributed by atoms with Crippen LogP contribution in [0.15, 0.2) is 36.4 Å². The van der Waals surface area contributed by atoms with E-state index in [1.165, 1.54) is 0 Å². The summed E-state index contributed by atoms with van der Waals surface area (Å²) in [6.07, 6.45) is 0. The van der Waals surface area contributed by atoms with Gasteiger partial charge in [-0.1, -0.05) is 23.2 Å². The van der Waals surface area contributed by atoms with Gasteiger partial charge in [-0.05, 0) is 36.4 Å². The van der Waals surface area contributed by atoms with Crippen molar-refractivity contribution in [3.05, 3.63) is 52.0 Å². The van der Waals surface area contributed by atoms with E-state index in [0.717, 1.165) is 11.3 Å². The average Bonchev–Trinajstić information content (AvgIpc) is 2.40. The van der Waals surface area contributed by atoms with Gasteiger partial charge in [0, 0.05) is 22.8 Å². The molecule has 19 heavy (non-hydrogen) atoms. The Morgan fingerprint density at radius 1 is 1.16 bits per heavy atom. The van der Waals surface area contributed by atoms with Crippen LogP contribution in [0.4, 0.5) is 5.69 Å². The molecular formula is C14H13Cl2NO2. The maximum absolute atomic E-state index is 9.71. The van der Waals surface area contributed by atoms with Gasteiger partial charge in [0.25, 0.3) is 0 Å². The van der Waals surface area contributed by atoms with Crippen LogP contribution < -0.4 is 10.1 Å². The van der Waals surface area contributed by atoms with Gasteiger partial charge in [-0.3, -0.25) is 0 Å². The Morgan fingerprint density at radius 3 is 2.63 bits per heavy atom. The van der Waals surface area contributed by atoms with Crippen molar-refractivity contribution in [3.8, 4) is 11.5 Å². The van der Waals surface area contributed by atoms with Gasteiger partial charge in [-0.25, -0.2) is 0 Å². The van der Waals surface area contributed by atoms with Crippen LogP contribution in [0.3, 0.4) is 0 Å². The molecular weight excluding hydrogens is 285 g/mol. The van der Waals surface area contributed by atoms with Crippen molar-refractivity contribution >= 4 is 28.9 Å². The molecule has 0 saturated carbocycles. The molecule has 2 aromatic carbocycles. The van der Waals surface area contributed by atoms with E-state index in [4.69, 9.17) is 27.9 Å². The monoisotopic (exact) mass is 297 g/mol. The van der Waals surface area contributed by atoms with Crippen molar-refractivity contribution in [2.24, 2.45) is 0 Å². The molecule has 0 amide bonds. The van der Waals surface area contributed by atoms with Gasteiger partial charge in [-0.15, -0.1) is 0 Å². The summed E-state index contributed by atoms with van der Waals surface area (Å²) < 4.78 is 5.08. The van der Waals surface area contributed by atoms with Gasteiger partial charge in [0.05, 0.1) is 12.1 Å². The molecule has 0 spiro atoms. The van der Waals surface area contributed by atoms with E-state index in [1.807, 2.05) is 6.07 Å². The van der Waals surface area contributed by atoms with E-state index in [-0.39, 0.29) is 5.75 Å². The van der Waals surface area contributed by atoms with Crippen LogP contribution in [0.25, 0.3) is 0 Å². The van der Waals surface area contributed by atoms with Crippen LogP contribution in [0.2, 0.25) is 10.0 Å². The number of rotatable bonds is 4. The molecule has 0 radical (unpaired) electrons. The molecule has 0 heterocycles. The molecule has 0 bridgehead atoms. The number of hydrogen-bond acceptors (Lipinski definition) is 3. The number of aromatic hydroxyl groups is 1. The summed E-state index contributed by atoms with van der Waals surface area (Å²) in [5.41, 5.74) is 1.56. The van der Waals surface area contributed by atoms with Gasteiger partial charge in [0.1, 0.15) is 11.5 Å². The summed E-state index contributed by atoms with van der Waals surface area (Å²) in [6.45, 7) is 0.453. The fourth-order valence-corrected chi connectivity index (χ4v) is 2.12. The number of nitrogens with one attached hydrogen (secondary N) is 1. The van der Waals surface area contributed by atoms with Crippen LogP contribution in [-0.2, 0) is 6.54 Å². The Kier molecular flexibility index (Phi) is 4.40. The molecule has 100 valence electrons. The molecule has 5 heteroatoms. The third kappa shape index (κ3) is 3.46. The van der Waals surface area contributed by atoms with E-state index < -0.39 is 0 Å². The first-order valence-corrected chi connectivity index (χ1v) is 6.40. The quantitative estimate of drug-likeness (QED) is 0.883. The van der Waals surface area contributed by atoms with E-state index in [1.54, 1.807) is 37.4 Å². The van der Waals surface area contributed by atoms with Crippen LogP contribution >= 0.6 is 23.2 Å². The Morgan fingerprint density at radius 2 is 1.95 bits per heavy atom. The maximum Gasteiger partial charge on any atom is 0.137 e. The average molecular weight is 298 g/mol. The van der Waals surface area contributed by atoms with Crippen molar-refractivity contribution < 1.29 is 9.84 Å². The minimum atomic E-state index is 0.205. The number of halogens is 2. The van der Waals surface area contributed by atoms with Crippen molar-refractivity contribution in [1.29, 1.82) is 0 Å². The van der Waals surface area contributed by atoms with Gasteiger partial charge in [0.15, 0.2) is 0 Å². The van der Waals surface area contributed by atoms with Crippen LogP contribution in [0.1, 0.15) is 5.56 Å². The lowest BCUT2D eigenvalue weighted by atomic mass is 10.2. The number of benzene rings is 2. The van der Waals surface area contributed by atoms with Gasteiger partial charge >= 0.3 is 0 Å². The summed E-state index contributed by atoms with van der Waals surface area (Å²) >= 11 is 11.9. The van der Waals surface area contributed by atoms with Crippen LogP contribution in [0.5, 0.6) is 11.5 Å². The molecule has 0 aliphatic heterocycles. The molecule has 2 rings (SSSR count). The van der Waals surface area contributed by atoms with Crippen LogP contribution in [0, 0.1) is 0 Å². The molecule has 0 unspecified atom stereocenters. The number of ether oxygens (including phenoxy) is 1. The molecule has 0 fully saturated rings. The van der Waals surface area contributed by atoms with Gasteiger partial charge in [0.2, 0.25) is 0 Å². The number of phenols is 1. The molecule has 2 aromatic rings. The van der Waals surface area contributed by atoms with Gasteiger partial charge in [-0.2, -0.15) is 0 Å². The van der Waals surface area contributed by atoms with Crippen molar-refractivity contribution in [3.63, 3.8) is 0 Å². The third-order valence-electron chi connectivity index (χ3n) is 2.68. The molecule has 3 nitrogen and oxygen atoms in total. The second kappa shape index (κ2) is 6.04. The van der Waals surface area contributed by atoms with Crippen LogP contribution in [-0.4, -0.2) is 12.2 Å². The van der Waals surface area contributed by atoms with Gasteiger partial charge < -0.3 is 15.2 Å². The predicted molar refractivity (Wildman–Crippen MR) is 78.4 cm³/mol. The zero-order chi connectivity index (χ0) is 13.8. The van der Waals surface area contributed by atoms with Crippen molar-refractivity contribution in [1.82, 2.24) is 0 Å².